The van der Waals surface area contributed by atoms with Gasteiger partial charge in [-0.2, -0.15) is 0 Å². The molecule has 2 unspecified atom stereocenters. The molecular formula is C11H12ClNOS. The molecule has 1 fully saturated rings. The van der Waals surface area contributed by atoms with E-state index < -0.39 is 0 Å². The van der Waals surface area contributed by atoms with E-state index in [0.717, 1.165) is 11.4 Å². The fraction of sp³-hybridized carbons (Fsp3) is 0.455. The highest BCUT2D eigenvalue weighted by atomic mass is 35.5. The Morgan fingerprint density at radius 3 is 3.00 bits per heavy atom. The second-order valence-electron chi connectivity index (χ2n) is 3.74. The quantitative estimate of drug-likeness (QED) is 0.797. The molecule has 15 heavy (non-hydrogen) atoms. The minimum Gasteiger partial charge on any atom is -0.299 e. The van der Waals surface area contributed by atoms with Crippen molar-refractivity contribution in [3.05, 3.63) is 23.4 Å². The summed E-state index contributed by atoms with van der Waals surface area (Å²) in [5.74, 6) is 0.493. The van der Waals surface area contributed by atoms with Crippen molar-refractivity contribution in [2.24, 2.45) is 5.92 Å². The lowest BCUT2D eigenvalue weighted by Crippen LogP contribution is -2.12. The Balaban J connectivity index is 2.10. The Labute approximate surface area is 98.4 Å². The third kappa shape index (κ3) is 2.34. The van der Waals surface area contributed by atoms with Gasteiger partial charge in [0.1, 0.15) is 10.8 Å². The SMILES string of the molecule is CC1C(=O)CCC1Sc1ncccc1Cl. The van der Waals surface area contributed by atoms with Crippen molar-refractivity contribution >= 4 is 29.1 Å². The number of carbonyl (C=O) groups excluding carboxylic acids is 1. The van der Waals surface area contributed by atoms with Gasteiger partial charge in [0.25, 0.3) is 0 Å². The zero-order chi connectivity index (χ0) is 10.8. The smallest absolute Gasteiger partial charge is 0.136 e. The largest absolute Gasteiger partial charge is 0.299 e. The van der Waals surface area contributed by atoms with Crippen molar-refractivity contribution in [1.29, 1.82) is 0 Å². The summed E-state index contributed by atoms with van der Waals surface area (Å²) in [5.41, 5.74) is 0. The third-order valence-corrected chi connectivity index (χ3v) is 4.64. The maximum absolute atomic E-state index is 11.4. The fourth-order valence-electron chi connectivity index (χ4n) is 1.73. The summed E-state index contributed by atoms with van der Waals surface area (Å²) >= 11 is 7.64. The molecule has 1 saturated carbocycles. The molecule has 0 bridgehead atoms. The predicted octanol–water partition coefficient (Wildman–Crippen LogP) is 3.19. The van der Waals surface area contributed by atoms with Crippen LogP contribution in [0.4, 0.5) is 0 Å². The van der Waals surface area contributed by atoms with Gasteiger partial charge in [-0.15, -0.1) is 11.8 Å². The molecular weight excluding hydrogens is 230 g/mol. The van der Waals surface area contributed by atoms with Gasteiger partial charge in [0.15, 0.2) is 0 Å². The van der Waals surface area contributed by atoms with E-state index in [2.05, 4.69) is 4.98 Å². The van der Waals surface area contributed by atoms with Crippen LogP contribution in [0.2, 0.25) is 5.02 Å². The molecule has 0 saturated heterocycles. The molecule has 80 valence electrons. The molecule has 0 amide bonds. The average molecular weight is 242 g/mol. The van der Waals surface area contributed by atoms with Crippen molar-refractivity contribution in [2.45, 2.75) is 30.0 Å². The minimum absolute atomic E-state index is 0.132. The average Bonchev–Trinajstić information content (AvgIpc) is 2.53. The molecule has 0 aromatic carbocycles. The lowest BCUT2D eigenvalue weighted by atomic mass is 10.1. The number of Topliss-reactive ketones (excluding diaryl/α,β-unsaturated/α-hetero) is 1. The van der Waals surface area contributed by atoms with Gasteiger partial charge in [0.2, 0.25) is 0 Å². The number of hydrogen-bond acceptors (Lipinski definition) is 3. The van der Waals surface area contributed by atoms with Crippen LogP contribution in [0.3, 0.4) is 0 Å². The lowest BCUT2D eigenvalue weighted by molar-refractivity contribution is -0.120. The van der Waals surface area contributed by atoms with Crippen molar-refractivity contribution in [3.8, 4) is 0 Å². The summed E-state index contributed by atoms with van der Waals surface area (Å²) in [7, 11) is 0. The third-order valence-electron chi connectivity index (χ3n) is 2.73. The first-order valence-electron chi connectivity index (χ1n) is 4.98. The number of thioether (sulfide) groups is 1. The normalized spacial score (nSPS) is 25.9. The van der Waals surface area contributed by atoms with E-state index in [0.29, 0.717) is 22.5 Å². The summed E-state index contributed by atoms with van der Waals surface area (Å²) in [5, 5.41) is 1.85. The van der Waals surface area contributed by atoms with E-state index >= 15 is 0 Å². The first-order chi connectivity index (χ1) is 7.18. The van der Waals surface area contributed by atoms with Gasteiger partial charge < -0.3 is 0 Å². The Morgan fingerprint density at radius 2 is 2.40 bits per heavy atom. The standard InChI is InChI=1S/C11H12ClNOS/c1-7-9(14)4-5-10(7)15-11-8(12)3-2-6-13-11/h2-3,6-7,10H,4-5H2,1H3. The monoisotopic (exact) mass is 241 g/mol. The molecule has 1 aromatic heterocycles. The maximum atomic E-state index is 11.4. The summed E-state index contributed by atoms with van der Waals surface area (Å²) in [6.45, 7) is 1.99. The molecule has 0 aliphatic heterocycles. The topological polar surface area (TPSA) is 30.0 Å². The second-order valence-corrected chi connectivity index (χ2v) is 5.38. The molecule has 1 aliphatic carbocycles. The van der Waals surface area contributed by atoms with Crippen LogP contribution in [-0.2, 0) is 4.79 Å². The molecule has 2 rings (SSSR count). The van der Waals surface area contributed by atoms with Crippen LogP contribution in [-0.4, -0.2) is 16.0 Å². The van der Waals surface area contributed by atoms with E-state index in [9.17, 15) is 4.79 Å². The maximum Gasteiger partial charge on any atom is 0.136 e. The van der Waals surface area contributed by atoms with Crippen LogP contribution in [0.1, 0.15) is 19.8 Å². The molecule has 0 N–H and O–H groups in total. The van der Waals surface area contributed by atoms with E-state index in [4.69, 9.17) is 11.6 Å². The van der Waals surface area contributed by atoms with Crippen LogP contribution in [0.5, 0.6) is 0 Å². The highest BCUT2D eigenvalue weighted by Crippen LogP contribution is 2.38. The zero-order valence-corrected chi connectivity index (χ0v) is 10.0. The summed E-state index contributed by atoms with van der Waals surface area (Å²) < 4.78 is 0. The predicted molar refractivity (Wildman–Crippen MR) is 62.3 cm³/mol. The van der Waals surface area contributed by atoms with Crippen LogP contribution in [0, 0.1) is 5.92 Å². The van der Waals surface area contributed by atoms with Crippen LogP contribution < -0.4 is 0 Å². The fourth-order valence-corrected chi connectivity index (χ4v) is 3.17. The van der Waals surface area contributed by atoms with Crippen LogP contribution in [0.25, 0.3) is 0 Å². The molecule has 1 aliphatic rings. The van der Waals surface area contributed by atoms with E-state index in [1.54, 1.807) is 18.0 Å². The molecule has 1 heterocycles. The summed E-state index contributed by atoms with van der Waals surface area (Å²) in [4.78, 5) is 15.6. The number of ketones is 1. The number of pyridine rings is 1. The van der Waals surface area contributed by atoms with Gasteiger partial charge >= 0.3 is 0 Å². The molecule has 4 heteroatoms. The van der Waals surface area contributed by atoms with Crippen LogP contribution in [0.15, 0.2) is 23.4 Å². The van der Waals surface area contributed by atoms with E-state index in [-0.39, 0.29) is 5.92 Å². The van der Waals surface area contributed by atoms with Crippen LogP contribution >= 0.6 is 23.4 Å². The van der Waals surface area contributed by atoms with Crippen molar-refractivity contribution < 1.29 is 4.79 Å². The first-order valence-corrected chi connectivity index (χ1v) is 6.24. The highest BCUT2D eigenvalue weighted by molar-refractivity contribution is 8.00. The summed E-state index contributed by atoms with van der Waals surface area (Å²) in [6, 6.07) is 3.65. The molecule has 2 atom stereocenters. The number of hydrogen-bond donors (Lipinski definition) is 0. The Morgan fingerprint density at radius 1 is 1.60 bits per heavy atom. The highest BCUT2D eigenvalue weighted by Gasteiger charge is 2.32. The van der Waals surface area contributed by atoms with Crippen molar-refractivity contribution in [3.63, 3.8) is 0 Å². The second kappa shape index (κ2) is 4.54. The Hall–Kier alpha value is -0.540. The molecule has 2 nitrogen and oxygen atoms in total. The zero-order valence-electron chi connectivity index (χ0n) is 8.44. The first kappa shape index (κ1) is 11.0. The van der Waals surface area contributed by atoms with Crippen molar-refractivity contribution in [1.82, 2.24) is 4.98 Å². The van der Waals surface area contributed by atoms with Gasteiger partial charge in [-0.25, -0.2) is 4.98 Å². The van der Waals surface area contributed by atoms with Gasteiger partial charge in [-0.1, -0.05) is 18.5 Å². The van der Waals surface area contributed by atoms with E-state index in [1.165, 1.54) is 0 Å². The molecule has 0 spiro atoms. The lowest BCUT2D eigenvalue weighted by Gasteiger charge is -2.13. The number of aromatic nitrogens is 1. The van der Waals surface area contributed by atoms with Gasteiger partial charge in [0, 0.05) is 23.8 Å². The minimum atomic E-state index is 0.132. The number of halogens is 1. The van der Waals surface area contributed by atoms with Gasteiger partial charge in [0.05, 0.1) is 5.02 Å². The van der Waals surface area contributed by atoms with Gasteiger partial charge in [-0.05, 0) is 18.6 Å². The number of rotatable bonds is 2. The number of nitrogens with zero attached hydrogens (tertiary/aromatic N) is 1. The molecule has 0 radical (unpaired) electrons. The van der Waals surface area contributed by atoms with E-state index in [1.807, 2.05) is 19.1 Å². The van der Waals surface area contributed by atoms with Gasteiger partial charge in [-0.3, -0.25) is 4.79 Å². The number of carbonyl (C=O) groups is 1. The summed E-state index contributed by atoms with van der Waals surface area (Å²) in [6.07, 6.45) is 3.37. The Kier molecular flexibility index (Phi) is 3.32. The van der Waals surface area contributed by atoms with Crippen molar-refractivity contribution in [2.75, 3.05) is 0 Å². The Bertz CT molecular complexity index is 383. The molecule has 1 aromatic rings.